The molecule has 2 aromatic carbocycles. The second-order valence-corrected chi connectivity index (χ2v) is 7.27. The van der Waals surface area contributed by atoms with Gasteiger partial charge in [-0.3, -0.25) is 4.79 Å². The van der Waals surface area contributed by atoms with Gasteiger partial charge in [0.2, 0.25) is 5.75 Å². The number of methoxy groups -OCH3 is 3. The average molecular weight is 421 g/mol. The van der Waals surface area contributed by atoms with Gasteiger partial charge in [-0.2, -0.15) is 0 Å². The average Bonchev–Trinajstić information content (AvgIpc) is 3.22. The summed E-state index contributed by atoms with van der Waals surface area (Å²) >= 11 is 1.51. The zero-order valence-electron chi connectivity index (χ0n) is 16.6. The highest BCUT2D eigenvalue weighted by atomic mass is 32.1. The molecule has 1 N–H and O–H groups in total. The van der Waals surface area contributed by atoms with Crippen molar-refractivity contribution in [2.24, 2.45) is 0 Å². The summed E-state index contributed by atoms with van der Waals surface area (Å²) in [6, 6.07) is 14.5. The maximum atomic E-state index is 12.9. The lowest BCUT2D eigenvalue weighted by molar-refractivity contribution is 0.102. The standard InChI is InChI=1S/C22H19N3O4S/c1-27-17-11-14(12-18(28-2)19(17)29-3)20(26)24-15-7-4-6-13(10-15)21-25-16-8-5-9-23-22(16)30-21/h4-12H,1-3H3,(H,24,26). The Hall–Kier alpha value is -3.65. The molecule has 0 radical (unpaired) electrons. The third kappa shape index (κ3) is 3.77. The van der Waals surface area contributed by atoms with Gasteiger partial charge in [0.05, 0.1) is 21.3 Å². The number of benzene rings is 2. The number of hydrogen-bond acceptors (Lipinski definition) is 7. The van der Waals surface area contributed by atoms with Gasteiger partial charge in [-0.1, -0.05) is 23.5 Å². The van der Waals surface area contributed by atoms with E-state index in [0.717, 1.165) is 20.9 Å². The molecule has 0 bridgehead atoms. The Morgan fingerprint density at radius 1 is 0.967 bits per heavy atom. The van der Waals surface area contributed by atoms with Crippen molar-refractivity contribution in [2.75, 3.05) is 26.6 Å². The van der Waals surface area contributed by atoms with E-state index in [1.807, 2.05) is 36.4 Å². The number of ether oxygens (including phenoxy) is 3. The number of nitrogens with zero attached hydrogens (tertiary/aromatic N) is 2. The first-order valence-corrected chi connectivity index (χ1v) is 9.88. The van der Waals surface area contributed by atoms with Crippen LogP contribution in [-0.2, 0) is 0 Å². The van der Waals surface area contributed by atoms with Crippen molar-refractivity contribution in [3.05, 3.63) is 60.3 Å². The molecule has 0 fully saturated rings. The summed E-state index contributed by atoms with van der Waals surface area (Å²) in [5.41, 5.74) is 2.79. The first-order valence-electron chi connectivity index (χ1n) is 9.06. The molecule has 2 aromatic heterocycles. The van der Waals surface area contributed by atoms with E-state index in [1.54, 1.807) is 18.3 Å². The number of fused-ring (bicyclic) bond motifs is 1. The largest absolute Gasteiger partial charge is 0.493 e. The van der Waals surface area contributed by atoms with Crippen molar-refractivity contribution in [3.63, 3.8) is 0 Å². The van der Waals surface area contributed by atoms with Gasteiger partial charge in [-0.05, 0) is 36.4 Å². The molecule has 0 unspecified atom stereocenters. The third-order valence-electron chi connectivity index (χ3n) is 4.46. The molecule has 4 aromatic rings. The van der Waals surface area contributed by atoms with Crippen LogP contribution in [0.5, 0.6) is 17.2 Å². The van der Waals surface area contributed by atoms with Gasteiger partial charge < -0.3 is 19.5 Å². The Labute approximate surface area is 177 Å². The number of thiazole rings is 1. The lowest BCUT2D eigenvalue weighted by Gasteiger charge is -2.14. The second-order valence-electron chi connectivity index (χ2n) is 6.30. The van der Waals surface area contributed by atoms with Crippen LogP contribution in [-0.4, -0.2) is 37.2 Å². The zero-order valence-corrected chi connectivity index (χ0v) is 17.4. The number of rotatable bonds is 6. The monoisotopic (exact) mass is 421 g/mol. The van der Waals surface area contributed by atoms with Crippen LogP contribution >= 0.6 is 11.3 Å². The highest BCUT2D eigenvalue weighted by molar-refractivity contribution is 7.21. The van der Waals surface area contributed by atoms with Gasteiger partial charge in [-0.15, -0.1) is 0 Å². The van der Waals surface area contributed by atoms with Crippen LogP contribution < -0.4 is 19.5 Å². The van der Waals surface area contributed by atoms with Crippen LogP contribution in [0, 0.1) is 0 Å². The Morgan fingerprint density at radius 2 is 1.73 bits per heavy atom. The van der Waals surface area contributed by atoms with E-state index in [1.165, 1.54) is 32.7 Å². The molecule has 0 aliphatic heterocycles. The highest BCUT2D eigenvalue weighted by Gasteiger charge is 2.17. The van der Waals surface area contributed by atoms with E-state index in [-0.39, 0.29) is 5.91 Å². The summed E-state index contributed by atoms with van der Waals surface area (Å²) in [6.45, 7) is 0. The van der Waals surface area contributed by atoms with E-state index in [4.69, 9.17) is 14.2 Å². The normalized spacial score (nSPS) is 10.6. The van der Waals surface area contributed by atoms with Crippen LogP contribution in [0.4, 0.5) is 5.69 Å². The second kappa shape index (κ2) is 8.38. The third-order valence-corrected chi connectivity index (χ3v) is 5.49. The lowest BCUT2D eigenvalue weighted by atomic mass is 10.1. The number of aromatic nitrogens is 2. The number of carbonyl (C=O) groups excluding carboxylic acids is 1. The van der Waals surface area contributed by atoms with Crippen LogP contribution in [0.25, 0.3) is 20.9 Å². The van der Waals surface area contributed by atoms with Crippen molar-refractivity contribution >= 4 is 33.3 Å². The molecule has 2 heterocycles. The molecule has 30 heavy (non-hydrogen) atoms. The summed E-state index contributed by atoms with van der Waals surface area (Å²) in [4.78, 5) is 22.7. The van der Waals surface area contributed by atoms with Crippen molar-refractivity contribution in [2.45, 2.75) is 0 Å². The fraction of sp³-hybridized carbons (Fsp3) is 0.136. The molecule has 4 rings (SSSR count). The number of pyridine rings is 1. The minimum absolute atomic E-state index is 0.294. The van der Waals surface area contributed by atoms with Gasteiger partial charge in [0, 0.05) is 23.0 Å². The molecule has 7 nitrogen and oxygen atoms in total. The van der Waals surface area contributed by atoms with Crippen LogP contribution in [0.15, 0.2) is 54.7 Å². The number of anilines is 1. The minimum Gasteiger partial charge on any atom is -0.493 e. The molecular formula is C22H19N3O4S. The van der Waals surface area contributed by atoms with E-state index >= 15 is 0 Å². The van der Waals surface area contributed by atoms with E-state index in [2.05, 4.69) is 15.3 Å². The molecule has 1 amide bonds. The molecule has 8 heteroatoms. The molecule has 152 valence electrons. The maximum absolute atomic E-state index is 12.9. The van der Waals surface area contributed by atoms with E-state index in [0.29, 0.717) is 28.5 Å². The molecule has 0 spiro atoms. The van der Waals surface area contributed by atoms with E-state index in [9.17, 15) is 4.79 Å². The van der Waals surface area contributed by atoms with Gasteiger partial charge in [-0.25, -0.2) is 9.97 Å². The Balaban J connectivity index is 1.62. The fourth-order valence-corrected chi connectivity index (χ4v) is 3.94. The molecule has 0 saturated carbocycles. The minimum atomic E-state index is -0.294. The van der Waals surface area contributed by atoms with Gasteiger partial charge in [0.25, 0.3) is 5.91 Å². The number of nitrogens with one attached hydrogen (secondary N) is 1. The summed E-state index contributed by atoms with van der Waals surface area (Å²) < 4.78 is 16.0. The lowest BCUT2D eigenvalue weighted by Crippen LogP contribution is -2.12. The quantitative estimate of drug-likeness (QED) is 0.489. The van der Waals surface area contributed by atoms with Crippen molar-refractivity contribution in [1.29, 1.82) is 0 Å². The summed E-state index contributed by atoms with van der Waals surface area (Å²) in [5, 5.41) is 3.75. The Kier molecular flexibility index (Phi) is 5.49. The SMILES string of the molecule is COc1cc(C(=O)Nc2cccc(-c3nc4cccnc4s3)c2)cc(OC)c1OC. The maximum Gasteiger partial charge on any atom is 0.255 e. The topological polar surface area (TPSA) is 82.6 Å². The Morgan fingerprint density at radius 3 is 2.40 bits per heavy atom. The van der Waals surface area contributed by atoms with Crippen molar-refractivity contribution in [3.8, 4) is 27.8 Å². The van der Waals surface area contributed by atoms with Crippen LogP contribution in [0.3, 0.4) is 0 Å². The number of amides is 1. The number of carbonyl (C=O) groups is 1. The van der Waals surface area contributed by atoms with Gasteiger partial charge in [0.1, 0.15) is 15.4 Å². The molecule has 0 aliphatic rings. The van der Waals surface area contributed by atoms with Crippen molar-refractivity contribution in [1.82, 2.24) is 9.97 Å². The first kappa shape index (κ1) is 19.7. The van der Waals surface area contributed by atoms with E-state index < -0.39 is 0 Å². The zero-order chi connectivity index (χ0) is 21.1. The molecule has 0 saturated heterocycles. The van der Waals surface area contributed by atoms with Gasteiger partial charge >= 0.3 is 0 Å². The molecule has 0 atom stereocenters. The predicted molar refractivity (Wildman–Crippen MR) is 117 cm³/mol. The smallest absolute Gasteiger partial charge is 0.255 e. The summed E-state index contributed by atoms with van der Waals surface area (Å²) in [6.07, 6.45) is 1.75. The summed E-state index contributed by atoms with van der Waals surface area (Å²) in [7, 11) is 4.54. The number of hydrogen-bond donors (Lipinski definition) is 1. The molecular weight excluding hydrogens is 402 g/mol. The van der Waals surface area contributed by atoms with Gasteiger partial charge in [0.15, 0.2) is 11.5 Å². The van der Waals surface area contributed by atoms with Crippen LogP contribution in [0.2, 0.25) is 0 Å². The predicted octanol–water partition coefficient (Wildman–Crippen LogP) is 4.64. The molecule has 0 aliphatic carbocycles. The highest BCUT2D eigenvalue weighted by Crippen LogP contribution is 2.38. The Bertz CT molecular complexity index is 1160. The van der Waals surface area contributed by atoms with Crippen LogP contribution in [0.1, 0.15) is 10.4 Å². The fourth-order valence-electron chi connectivity index (χ4n) is 3.04. The first-order chi connectivity index (χ1) is 14.6. The summed E-state index contributed by atoms with van der Waals surface area (Å²) in [5.74, 6) is 0.968. The van der Waals surface area contributed by atoms with Crippen molar-refractivity contribution < 1.29 is 19.0 Å².